The van der Waals surface area contributed by atoms with Crippen LogP contribution in [-0.4, -0.2) is 34.6 Å². The minimum atomic E-state index is -0.599. The fraction of sp³-hybridized carbons (Fsp3) is 0.500. The van der Waals surface area contributed by atoms with Crippen molar-refractivity contribution in [3.8, 4) is 6.07 Å². The molecule has 0 bridgehead atoms. The monoisotopic (exact) mass is 288 g/mol. The molecule has 1 saturated carbocycles. The first-order valence-corrected chi connectivity index (χ1v) is 7.24. The van der Waals surface area contributed by atoms with Crippen molar-refractivity contribution in [2.24, 2.45) is 5.92 Å². The van der Waals surface area contributed by atoms with Gasteiger partial charge in [-0.3, -0.25) is 4.79 Å². The van der Waals surface area contributed by atoms with Crippen LogP contribution < -0.4 is 0 Å². The Bertz CT molecular complexity index is 619. The molecule has 1 atom stereocenters. The molecule has 1 heterocycles. The number of halogens is 1. The molecule has 5 heteroatoms. The zero-order valence-corrected chi connectivity index (χ0v) is 11.7. The Labute approximate surface area is 122 Å². The topological polar surface area (TPSA) is 64.3 Å². The van der Waals surface area contributed by atoms with E-state index in [1.54, 1.807) is 4.90 Å². The molecule has 2 fully saturated rings. The van der Waals surface area contributed by atoms with Crippen LogP contribution in [0.15, 0.2) is 18.2 Å². The molecule has 1 N–H and O–H groups in total. The number of carbonyl (C=O) groups is 1. The van der Waals surface area contributed by atoms with E-state index in [1.165, 1.54) is 12.1 Å². The van der Waals surface area contributed by atoms with Gasteiger partial charge in [-0.05, 0) is 43.9 Å². The lowest BCUT2D eigenvalue weighted by molar-refractivity contribution is 0.0282. The molecular formula is C16H17FN2O2. The largest absolute Gasteiger partial charge is 0.390 e. The maximum absolute atomic E-state index is 13.5. The predicted octanol–water partition coefficient (Wildman–Crippen LogP) is 2.07. The summed E-state index contributed by atoms with van der Waals surface area (Å²) in [5.74, 6) is -0.731. The van der Waals surface area contributed by atoms with Crippen molar-refractivity contribution >= 4 is 5.91 Å². The summed E-state index contributed by atoms with van der Waals surface area (Å²) >= 11 is 0. The Morgan fingerprint density at radius 1 is 1.43 bits per heavy atom. The van der Waals surface area contributed by atoms with Gasteiger partial charge in [-0.25, -0.2) is 4.39 Å². The second kappa shape index (κ2) is 5.12. The molecule has 1 aliphatic heterocycles. The smallest absolute Gasteiger partial charge is 0.254 e. The van der Waals surface area contributed by atoms with Gasteiger partial charge in [0, 0.05) is 24.6 Å². The van der Waals surface area contributed by atoms with Gasteiger partial charge in [0.2, 0.25) is 0 Å². The second-order valence-electron chi connectivity index (χ2n) is 6.03. The number of amides is 1. The van der Waals surface area contributed by atoms with Crippen LogP contribution in [0.1, 0.15) is 41.6 Å². The number of aliphatic hydroxyl groups is 1. The first-order chi connectivity index (χ1) is 10.0. The van der Waals surface area contributed by atoms with E-state index in [4.69, 9.17) is 5.26 Å². The first-order valence-electron chi connectivity index (χ1n) is 7.24. The van der Waals surface area contributed by atoms with Gasteiger partial charge in [0.1, 0.15) is 5.82 Å². The van der Waals surface area contributed by atoms with Crippen molar-refractivity contribution in [3.63, 3.8) is 0 Å². The highest BCUT2D eigenvalue weighted by atomic mass is 19.1. The molecule has 0 aromatic heterocycles. The minimum Gasteiger partial charge on any atom is -0.390 e. The number of likely N-dealkylation sites (tertiary alicyclic amines) is 1. The Hall–Kier alpha value is -1.93. The number of rotatable bonds is 2. The summed E-state index contributed by atoms with van der Waals surface area (Å²) in [6.45, 7) is 1.12. The molecule has 1 saturated heterocycles. The highest BCUT2D eigenvalue weighted by molar-refractivity contribution is 5.94. The summed E-state index contributed by atoms with van der Waals surface area (Å²) < 4.78 is 13.5. The number of hydrogen-bond acceptors (Lipinski definition) is 3. The van der Waals surface area contributed by atoms with Gasteiger partial charge < -0.3 is 10.0 Å². The van der Waals surface area contributed by atoms with Crippen molar-refractivity contribution < 1.29 is 14.3 Å². The van der Waals surface area contributed by atoms with E-state index in [2.05, 4.69) is 0 Å². The molecule has 3 rings (SSSR count). The number of piperidine rings is 1. The lowest BCUT2D eigenvalue weighted by Gasteiger charge is -2.35. The third-order valence-electron chi connectivity index (χ3n) is 4.50. The van der Waals surface area contributed by atoms with Crippen molar-refractivity contribution in [1.82, 2.24) is 4.90 Å². The van der Waals surface area contributed by atoms with Crippen molar-refractivity contribution in [1.29, 1.82) is 5.26 Å². The van der Waals surface area contributed by atoms with E-state index in [9.17, 15) is 14.3 Å². The average molecular weight is 288 g/mol. The van der Waals surface area contributed by atoms with Crippen LogP contribution in [0, 0.1) is 23.1 Å². The van der Waals surface area contributed by atoms with Crippen LogP contribution in [0.2, 0.25) is 0 Å². The average Bonchev–Trinajstić information content (AvgIpc) is 3.25. The third-order valence-corrected chi connectivity index (χ3v) is 4.50. The van der Waals surface area contributed by atoms with Gasteiger partial charge in [0.25, 0.3) is 5.91 Å². The number of carbonyl (C=O) groups excluding carboxylic acids is 1. The number of hydrogen-bond donors (Lipinski definition) is 1. The minimum absolute atomic E-state index is 0.110. The number of benzene rings is 1. The molecule has 110 valence electrons. The molecule has 1 aromatic rings. The summed E-state index contributed by atoms with van der Waals surface area (Å²) in [5, 5.41) is 19.1. The number of nitriles is 1. The third kappa shape index (κ3) is 2.77. The zero-order valence-electron chi connectivity index (χ0n) is 11.7. The summed E-state index contributed by atoms with van der Waals surface area (Å²) in [7, 11) is 0. The van der Waals surface area contributed by atoms with Crippen LogP contribution in [-0.2, 0) is 0 Å². The Morgan fingerprint density at radius 3 is 2.86 bits per heavy atom. The van der Waals surface area contributed by atoms with Crippen LogP contribution in [0.3, 0.4) is 0 Å². The molecule has 0 spiro atoms. The Kier molecular flexibility index (Phi) is 3.42. The fourth-order valence-corrected chi connectivity index (χ4v) is 3.10. The first kappa shape index (κ1) is 14.0. The summed E-state index contributed by atoms with van der Waals surface area (Å²) in [5.41, 5.74) is -0.249. The molecule has 1 aromatic carbocycles. The van der Waals surface area contributed by atoms with Gasteiger partial charge in [-0.15, -0.1) is 0 Å². The molecule has 2 aliphatic rings. The molecule has 1 unspecified atom stereocenters. The molecule has 0 radical (unpaired) electrons. The summed E-state index contributed by atoms with van der Waals surface area (Å²) in [4.78, 5) is 14.1. The van der Waals surface area contributed by atoms with Gasteiger partial charge in [0.05, 0.1) is 17.2 Å². The molecule has 1 aliphatic carbocycles. The van der Waals surface area contributed by atoms with Gasteiger partial charge >= 0.3 is 0 Å². The maximum Gasteiger partial charge on any atom is 0.254 e. The van der Waals surface area contributed by atoms with Gasteiger partial charge in [-0.1, -0.05) is 0 Å². The van der Waals surface area contributed by atoms with Crippen LogP contribution >= 0.6 is 0 Å². The van der Waals surface area contributed by atoms with E-state index in [0.29, 0.717) is 13.1 Å². The van der Waals surface area contributed by atoms with Crippen LogP contribution in [0.25, 0.3) is 0 Å². The normalized spacial score (nSPS) is 23.5. The maximum atomic E-state index is 13.5. The highest BCUT2D eigenvalue weighted by Gasteiger charge is 2.49. The van der Waals surface area contributed by atoms with E-state index >= 15 is 0 Å². The molecule has 4 nitrogen and oxygen atoms in total. The summed E-state index contributed by atoms with van der Waals surface area (Å²) in [6.07, 6.45) is 3.38. The van der Waals surface area contributed by atoms with Crippen molar-refractivity contribution in [2.45, 2.75) is 31.3 Å². The highest BCUT2D eigenvalue weighted by Crippen LogP contribution is 2.45. The van der Waals surface area contributed by atoms with E-state index in [-0.39, 0.29) is 23.0 Å². The zero-order chi connectivity index (χ0) is 15.0. The van der Waals surface area contributed by atoms with Crippen LogP contribution in [0.4, 0.5) is 4.39 Å². The van der Waals surface area contributed by atoms with Crippen molar-refractivity contribution in [3.05, 3.63) is 35.1 Å². The quantitative estimate of drug-likeness (QED) is 0.906. The molecule has 21 heavy (non-hydrogen) atoms. The van der Waals surface area contributed by atoms with Crippen LogP contribution in [0.5, 0.6) is 0 Å². The standard InChI is InChI=1S/C16H17FN2O2/c17-14-7-11(9-18)6-12(8-14)15(20)19-5-1-2-13(10-19)16(21)3-4-16/h6-8,13,21H,1-5,10H2. The van der Waals surface area contributed by atoms with E-state index < -0.39 is 11.4 Å². The predicted molar refractivity (Wildman–Crippen MR) is 73.9 cm³/mol. The van der Waals surface area contributed by atoms with Gasteiger partial charge in [0.15, 0.2) is 0 Å². The van der Waals surface area contributed by atoms with Crippen molar-refractivity contribution in [2.75, 3.05) is 13.1 Å². The SMILES string of the molecule is N#Cc1cc(F)cc(C(=O)N2CCCC(C3(O)CC3)C2)c1. The van der Waals surface area contributed by atoms with E-state index in [1.807, 2.05) is 6.07 Å². The molecule has 1 amide bonds. The fourth-order valence-electron chi connectivity index (χ4n) is 3.10. The summed E-state index contributed by atoms with van der Waals surface area (Å²) in [6, 6.07) is 5.55. The second-order valence-corrected chi connectivity index (χ2v) is 6.03. The van der Waals surface area contributed by atoms with Gasteiger partial charge in [-0.2, -0.15) is 5.26 Å². The Balaban J connectivity index is 1.78. The lowest BCUT2D eigenvalue weighted by Crippen LogP contribution is -2.44. The Morgan fingerprint density at radius 2 is 2.19 bits per heavy atom. The number of nitrogens with zero attached hydrogens (tertiary/aromatic N) is 2. The van der Waals surface area contributed by atoms with E-state index in [0.717, 1.165) is 31.7 Å². The molecular weight excluding hydrogens is 271 g/mol. The lowest BCUT2D eigenvalue weighted by atomic mass is 9.90.